The Labute approximate surface area is 184 Å². The van der Waals surface area contributed by atoms with Crippen LogP contribution in [0.1, 0.15) is 36.7 Å². The van der Waals surface area contributed by atoms with Crippen molar-refractivity contribution in [2.75, 3.05) is 16.9 Å². The molecule has 0 radical (unpaired) electrons. The van der Waals surface area contributed by atoms with Crippen LogP contribution in [0.2, 0.25) is 0 Å². The van der Waals surface area contributed by atoms with E-state index in [1.54, 1.807) is 0 Å². The number of hydrogen-bond acceptors (Lipinski definition) is 5. The van der Waals surface area contributed by atoms with Crippen molar-refractivity contribution >= 4 is 42.9 Å². The molecule has 9 heteroatoms. The van der Waals surface area contributed by atoms with E-state index in [-0.39, 0.29) is 10.8 Å². The molecular weight excluding hydrogens is 434 g/mol. The van der Waals surface area contributed by atoms with E-state index >= 15 is 0 Å². The number of amides is 2. The SMILES string of the molecule is Cc1cc(C)c(NC(=O)c2cnc(NC(=O)c3ccc(S(C)(=O)=O)cc3)[s+]2C)c(C)c1. The Morgan fingerprint density at radius 1 is 0.935 bits per heavy atom. The monoisotopic (exact) mass is 458 g/mol. The lowest BCUT2D eigenvalue weighted by atomic mass is 10.1. The number of aromatic nitrogens is 1. The Hall–Kier alpha value is -3.04. The van der Waals surface area contributed by atoms with Crippen molar-refractivity contribution in [1.82, 2.24) is 4.98 Å². The maximum atomic E-state index is 12.8. The normalized spacial score (nSPS) is 11.8. The van der Waals surface area contributed by atoms with Gasteiger partial charge in [0.05, 0.1) is 11.1 Å². The summed E-state index contributed by atoms with van der Waals surface area (Å²) in [7, 11) is -4.05. The summed E-state index contributed by atoms with van der Waals surface area (Å²) in [6, 6.07) is 9.67. The summed E-state index contributed by atoms with van der Waals surface area (Å²) in [4.78, 5) is 30.2. The quantitative estimate of drug-likeness (QED) is 0.558. The van der Waals surface area contributed by atoms with Crippen LogP contribution >= 0.6 is 10.5 Å². The zero-order chi connectivity index (χ0) is 22.9. The lowest BCUT2D eigenvalue weighted by molar-refractivity contribution is 0.102. The first kappa shape index (κ1) is 22.6. The first-order valence-corrected chi connectivity index (χ1v) is 12.9. The smallest absolute Gasteiger partial charge is 0.317 e. The zero-order valence-electron chi connectivity index (χ0n) is 17.9. The molecule has 31 heavy (non-hydrogen) atoms. The third-order valence-corrected chi connectivity index (χ3v) is 7.69. The minimum absolute atomic E-state index is 0.139. The number of carbonyl (C=O) groups is 2. The van der Waals surface area contributed by atoms with Crippen molar-refractivity contribution in [1.29, 1.82) is 0 Å². The highest BCUT2D eigenvalue weighted by Crippen LogP contribution is 2.32. The van der Waals surface area contributed by atoms with Gasteiger partial charge in [0.25, 0.3) is 10.8 Å². The van der Waals surface area contributed by atoms with Crippen molar-refractivity contribution in [2.45, 2.75) is 25.7 Å². The molecule has 2 N–H and O–H groups in total. The van der Waals surface area contributed by atoms with Crippen molar-refractivity contribution < 1.29 is 18.0 Å². The van der Waals surface area contributed by atoms with Crippen LogP contribution in [-0.2, 0) is 16.1 Å². The van der Waals surface area contributed by atoms with E-state index in [0.29, 0.717) is 15.6 Å². The fraction of sp³-hybridized carbons (Fsp3) is 0.227. The predicted molar refractivity (Wildman–Crippen MR) is 124 cm³/mol. The standard InChI is InChI=1S/C22H23N3O4S2/c1-13-10-14(2)19(15(3)11-13)24-21(27)18-12-23-22(30(18)4)25-20(26)16-6-8-17(9-7-16)31(5,28)29/h6-12H,1-5H3,(H-,23,24,25,26,27)/p+1. The summed E-state index contributed by atoms with van der Waals surface area (Å²) in [6.07, 6.45) is 4.40. The van der Waals surface area contributed by atoms with Crippen LogP contribution in [0.5, 0.6) is 0 Å². The molecule has 0 aliphatic carbocycles. The summed E-state index contributed by atoms with van der Waals surface area (Å²) < 4.78 is 23.1. The summed E-state index contributed by atoms with van der Waals surface area (Å²) in [5.41, 5.74) is 4.16. The third-order valence-electron chi connectivity index (χ3n) is 4.82. The summed E-state index contributed by atoms with van der Waals surface area (Å²) in [6.45, 7) is 5.90. The molecule has 0 bridgehead atoms. The summed E-state index contributed by atoms with van der Waals surface area (Å²) >= 11 is 0. The van der Waals surface area contributed by atoms with Gasteiger partial charge in [0.1, 0.15) is 6.26 Å². The predicted octanol–water partition coefficient (Wildman–Crippen LogP) is 4.20. The molecule has 0 aliphatic rings. The summed E-state index contributed by atoms with van der Waals surface area (Å²) in [5.74, 6) is -0.676. The molecule has 0 spiro atoms. The molecule has 2 amide bonds. The molecule has 3 aromatic rings. The van der Waals surface area contributed by atoms with Crippen molar-refractivity contribution in [2.24, 2.45) is 6.26 Å². The largest absolute Gasteiger partial charge is 0.347 e. The molecule has 1 heterocycles. The average molecular weight is 459 g/mol. The van der Waals surface area contributed by atoms with Gasteiger partial charge in [0.15, 0.2) is 9.84 Å². The van der Waals surface area contributed by atoms with Gasteiger partial charge in [-0.15, -0.1) is 0 Å². The Bertz CT molecular complexity index is 1250. The van der Waals surface area contributed by atoms with E-state index < -0.39 is 26.2 Å². The minimum Gasteiger partial charge on any atom is -0.317 e. The van der Waals surface area contributed by atoms with Gasteiger partial charge in [-0.25, -0.2) is 8.42 Å². The first-order valence-electron chi connectivity index (χ1n) is 9.42. The number of anilines is 2. The second-order valence-electron chi connectivity index (χ2n) is 7.42. The van der Waals surface area contributed by atoms with Crippen LogP contribution in [0.4, 0.5) is 10.8 Å². The number of nitrogens with one attached hydrogen (secondary N) is 2. The molecule has 1 atom stereocenters. The van der Waals surface area contributed by atoms with E-state index in [1.165, 1.54) is 30.5 Å². The Morgan fingerprint density at radius 2 is 1.52 bits per heavy atom. The Balaban J connectivity index is 1.77. The molecule has 0 saturated heterocycles. The van der Waals surface area contributed by atoms with E-state index in [9.17, 15) is 18.0 Å². The lowest BCUT2D eigenvalue weighted by Gasteiger charge is -2.11. The third kappa shape index (κ3) is 5.00. The second kappa shape index (κ2) is 8.60. The van der Waals surface area contributed by atoms with E-state index in [4.69, 9.17) is 0 Å². The van der Waals surface area contributed by atoms with Gasteiger partial charge >= 0.3 is 11.0 Å². The summed E-state index contributed by atoms with van der Waals surface area (Å²) in [5, 5.41) is 6.07. The number of hydrogen-bond donors (Lipinski definition) is 2. The molecule has 0 fully saturated rings. The number of thiazole rings is 1. The van der Waals surface area contributed by atoms with Crippen molar-refractivity contribution in [3.05, 3.63) is 69.7 Å². The number of aryl methyl sites for hydroxylation is 3. The number of nitrogens with zero attached hydrogens (tertiary/aromatic N) is 1. The van der Waals surface area contributed by atoms with Crippen molar-refractivity contribution in [3.8, 4) is 0 Å². The molecule has 0 saturated carbocycles. The van der Waals surface area contributed by atoms with Gasteiger partial charge in [-0.05, 0) is 56.2 Å². The van der Waals surface area contributed by atoms with Crippen LogP contribution in [0.25, 0.3) is 0 Å². The molecule has 0 aliphatic heterocycles. The van der Waals surface area contributed by atoms with Gasteiger partial charge in [-0.3, -0.25) is 14.9 Å². The van der Waals surface area contributed by atoms with E-state index in [0.717, 1.165) is 28.6 Å². The van der Waals surface area contributed by atoms with Gasteiger partial charge in [0, 0.05) is 28.0 Å². The van der Waals surface area contributed by atoms with Crippen LogP contribution < -0.4 is 10.6 Å². The molecule has 3 rings (SSSR count). The fourth-order valence-electron chi connectivity index (χ4n) is 3.26. The van der Waals surface area contributed by atoms with Crippen LogP contribution in [0.15, 0.2) is 47.5 Å². The van der Waals surface area contributed by atoms with Crippen molar-refractivity contribution in [3.63, 3.8) is 0 Å². The molecule has 1 unspecified atom stereocenters. The number of sulfone groups is 1. The van der Waals surface area contributed by atoms with Gasteiger partial charge < -0.3 is 5.32 Å². The first-order chi connectivity index (χ1) is 14.5. The Kier molecular flexibility index (Phi) is 6.28. The highest BCUT2D eigenvalue weighted by atomic mass is 32.2. The van der Waals surface area contributed by atoms with E-state index in [2.05, 4.69) is 15.6 Å². The van der Waals surface area contributed by atoms with Gasteiger partial charge in [-0.1, -0.05) is 17.7 Å². The molecule has 162 valence electrons. The van der Waals surface area contributed by atoms with E-state index in [1.807, 2.05) is 39.2 Å². The number of rotatable bonds is 5. The zero-order valence-corrected chi connectivity index (χ0v) is 19.6. The topological polar surface area (TPSA) is 105 Å². The maximum absolute atomic E-state index is 12.8. The second-order valence-corrected chi connectivity index (χ2v) is 11.3. The highest BCUT2D eigenvalue weighted by molar-refractivity contribution is 7.90. The lowest BCUT2D eigenvalue weighted by Crippen LogP contribution is -2.14. The van der Waals surface area contributed by atoms with Gasteiger partial charge in [0.2, 0.25) is 0 Å². The van der Waals surface area contributed by atoms with Crippen LogP contribution in [0.3, 0.4) is 0 Å². The van der Waals surface area contributed by atoms with Crippen LogP contribution in [0, 0.1) is 20.8 Å². The highest BCUT2D eigenvalue weighted by Gasteiger charge is 2.27. The van der Waals surface area contributed by atoms with Crippen LogP contribution in [-0.4, -0.2) is 31.5 Å². The average Bonchev–Trinajstić information content (AvgIpc) is 3.04. The van der Waals surface area contributed by atoms with Gasteiger partial charge in [-0.2, -0.15) is 4.98 Å². The minimum atomic E-state index is -3.33. The maximum Gasteiger partial charge on any atom is 0.347 e. The molecular formula is C22H24N3O4S2+. The Morgan fingerprint density at radius 3 is 2.06 bits per heavy atom. The molecule has 2 aromatic carbocycles. The number of carbonyl (C=O) groups excluding carboxylic acids is 2. The number of benzene rings is 2. The fourth-order valence-corrected chi connectivity index (χ4v) is 5.10. The molecule has 1 aromatic heterocycles. The molecule has 7 nitrogen and oxygen atoms in total.